The maximum Gasteiger partial charge on any atom is 0.249 e. The molecule has 4 atom stereocenters. The molecule has 3 aromatic heterocycles. The van der Waals surface area contributed by atoms with Crippen molar-refractivity contribution in [2.24, 2.45) is 11.8 Å². The summed E-state index contributed by atoms with van der Waals surface area (Å²) in [5.41, 5.74) is 5.30. The Morgan fingerprint density at radius 2 is 1.83 bits per heavy atom. The number of H-pyrrole nitrogens is 1. The van der Waals surface area contributed by atoms with Gasteiger partial charge in [0.25, 0.3) is 0 Å². The second-order valence-corrected chi connectivity index (χ2v) is 15.2. The molecular weight excluding hydrogens is 670 g/mol. The van der Waals surface area contributed by atoms with Gasteiger partial charge in [0.1, 0.15) is 22.8 Å². The lowest BCUT2D eigenvalue weighted by Gasteiger charge is -2.29. The molecule has 3 aromatic carbocycles. The highest BCUT2D eigenvalue weighted by Crippen LogP contribution is 2.61. The molecule has 268 valence electrons. The average molecular weight is 710 g/mol. The number of Topliss-reactive ketones (excluding diaryl/α,β-unsaturated/α-hetero) is 1. The first-order chi connectivity index (χ1) is 25.6. The Labute approximate surface area is 305 Å². The molecule has 53 heavy (non-hydrogen) atoms. The summed E-state index contributed by atoms with van der Waals surface area (Å²) in [4.78, 5) is 41.3. The largest absolute Gasteiger partial charge is 0.469 e. The van der Waals surface area contributed by atoms with E-state index in [0.29, 0.717) is 28.9 Å². The topological polar surface area (TPSA) is 156 Å². The normalized spacial score (nSPS) is 22.1. The molecule has 4 aliphatic rings. The zero-order chi connectivity index (χ0) is 36.4. The van der Waals surface area contributed by atoms with E-state index < -0.39 is 29.2 Å². The van der Waals surface area contributed by atoms with Crippen LogP contribution in [0.15, 0.2) is 75.8 Å². The highest BCUT2D eigenvalue weighted by Gasteiger charge is 2.61. The monoisotopic (exact) mass is 709 g/mol. The zero-order valence-electron chi connectivity index (χ0n) is 29.9. The Morgan fingerprint density at radius 3 is 2.64 bits per heavy atom. The third kappa shape index (κ3) is 4.31. The Morgan fingerprint density at radius 1 is 1.02 bits per heavy atom. The van der Waals surface area contributed by atoms with Crippen LogP contribution in [0.2, 0.25) is 0 Å². The Hall–Kier alpha value is -5.68. The number of rotatable bonds is 6. The van der Waals surface area contributed by atoms with Gasteiger partial charge < -0.3 is 34.3 Å². The summed E-state index contributed by atoms with van der Waals surface area (Å²) in [6, 6.07) is 17.8. The standard InChI is InChI=1S/C42H39N5O6/c1-5-41(50,6-2)31(48)17-22-15-21-13-14-29-27(16-21)42-26-11-7-10-24(34(26)47-40(42)52-29)23-9-8-12-28-32(23)25(18-43-28)30-19-44-38(51-30)35-36(42)53-39(46-35)33(20(3)4)45-37(22)49/h7-14,16,18-20,22,33,40,43,47,50H,5-6,15,17H2,1-4H3,(H,45,49)/t22-,33+,40?,42?/m1/s1. The van der Waals surface area contributed by atoms with Gasteiger partial charge >= 0.3 is 0 Å². The summed E-state index contributed by atoms with van der Waals surface area (Å²) < 4.78 is 20.5. The number of hydrogen-bond donors (Lipinski definition) is 4. The molecule has 0 radical (unpaired) electrons. The molecule has 11 heteroatoms. The molecule has 2 unspecified atom stereocenters. The summed E-state index contributed by atoms with van der Waals surface area (Å²) in [7, 11) is 0. The average Bonchev–Trinajstić information content (AvgIpc) is 3.99. The van der Waals surface area contributed by atoms with Crippen molar-refractivity contribution < 1.29 is 28.3 Å². The van der Waals surface area contributed by atoms with E-state index >= 15 is 0 Å². The number of aromatic amines is 1. The Balaban J connectivity index is 1.27. The number of amides is 1. The summed E-state index contributed by atoms with van der Waals surface area (Å²) in [6.07, 6.45) is 3.74. The highest BCUT2D eigenvalue weighted by molar-refractivity contribution is 6.07. The van der Waals surface area contributed by atoms with Crippen molar-refractivity contribution in [2.45, 2.75) is 76.7 Å². The van der Waals surface area contributed by atoms with Crippen molar-refractivity contribution >= 4 is 28.3 Å². The number of benzene rings is 3. The van der Waals surface area contributed by atoms with Crippen LogP contribution in [0, 0.1) is 11.8 Å². The fourth-order valence-corrected chi connectivity index (χ4v) is 9.03. The molecule has 10 bridgehead atoms. The lowest BCUT2D eigenvalue weighted by molar-refractivity contribution is -0.141. The van der Waals surface area contributed by atoms with Gasteiger partial charge in [0.05, 0.1) is 6.20 Å². The third-order valence-electron chi connectivity index (χ3n) is 12.0. The molecule has 6 aromatic rings. The van der Waals surface area contributed by atoms with Gasteiger partial charge in [-0.15, -0.1) is 0 Å². The minimum atomic E-state index is -1.50. The molecule has 10 rings (SSSR count). The SMILES string of the molecule is CCC(O)(CC)C(=O)C[C@H]1Cc2ccc3c(c2)C24c5cccc(c5NC2O3)-c2cccc3[nH]cc(c23)-c2cnc(o2)-c2nc(oc24)[C@H](C(C)C)NC1=O. The number of aliphatic hydroxyl groups is 1. The fraction of sp³-hybridized carbons (Fsp3) is 0.333. The molecule has 0 saturated carbocycles. The fourth-order valence-electron chi connectivity index (χ4n) is 9.03. The lowest BCUT2D eigenvalue weighted by Crippen LogP contribution is -2.43. The number of carbonyl (C=O) groups is 2. The maximum absolute atomic E-state index is 14.3. The number of hydrogen-bond acceptors (Lipinski definition) is 9. The third-order valence-corrected chi connectivity index (χ3v) is 12.0. The van der Waals surface area contributed by atoms with E-state index in [-0.39, 0.29) is 49.2 Å². The van der Waals surface area contributed by atoms with Crippen LogP contribution in [-0.4, -0.2) is 43.6 Å². The van der Waals surface area contributed by atoms with Gasteiger partial charge in [0, 0.05) is 57.4 Å². The molecule has 0 aliphatic carbocycles. The number of oxazole rings is 2. The molecule has 1 spiro atoms. The van der Waals surface area contributed by atoms with E-state index in [1.54, 1.807) is 20.0 Å². The molecule has 4 aliphatic heterocycles. The van der Waals surface area contributed by atoms with Crippen LogP contribution in [0.1, 0.15) is 81.3 Å². The number of nitrogens with one attached hydrogen (secondary N) is 3. The van der Waals surface area contributed by atoms with Crippen molar-refractivity contribution in [1.29, 1.82) is 0 Å². The number of ether oxygens (including phenoxy) is 1. The van der Waals surface area contributed by atoms with Crippen molar-refractivity contribution in [3.8, 4) is 39.8 Å². The van der Waals surface area contributed by atoms with Gasteiger partial charge in [-0.1, -0.05) is 70.2 Å². The summed E-state index contributed by atoms with van der Waals surface area (Å²) in [6.45, 7) is 7.57. The number of anilines is 1. The van der Waals surface area contributed by atoms with Gasteiger partial charge in [0.2, 0.25) is 17.7 Å². The number of carbonyl (C=O) groups excluding carboxylic acids is 2. The van der Waals surface area contributed by atoms with Crippen molar-refractivity contribution in [1.82, 2.24) is 20.3 Å². The van der Waals surface area contributed by atoms with Crippen LogP contribution in [0.3, 0.4) is 0 Å². The summed E-state index contributed by atoms with van der Waals surface area (Å²) in [5, 5.41) is 19.2. The maximum atomic E-state index is 14.3. The van der Waals surface area contributed by atoms with Gasteiger partial charge in [-0.2, -0.15) is 0 Å². The molecule has 0 saturated heterocycles. The Bertz CT molecular complexity index is 2500. The quantitative estimate of drug-likeness (QED) is 0.138. The van der Waals surface area contributed by atoms with E-state index in [4.69, 9.17) is 23.5 Å². The lowest BCUT2D eigenvalue weighted by atomic mass is 9.72. The van der Waals surface area contributed by atoms with E-state index in [1.807, 2.05) is 38.2 Å². The minimum absolute atomic E-state index is 0.114. The summed E-state index contributed by atoms with van der Waals surface area (Å²) >= 11 is 0. The number of aromatic nitrogens is 3. The van der Waals surface area contributed by atoms with Gasteiger partial charge in [0.15, 0.2) is 29.2 Å². The van der Waals surface area contributed by atoms with Crippen LogP contribution >= 0.6 is 0 Å². The number of ketones is 1. The van der Waals surface area contributed by atoms with Gasteiger partial charge in [-0.3, -0.25) is 9.59 Å². The second-order valence-electron chi connectivity index (χ2n) is 15.2. The molecule has 11 nitrogen and oxygen atoms in total. The van der Waals surface area contributed by atoms with E-state index in [0.717, 1.165) is 50.0 Å². The first-order valence-electron chi connectivity index (χ1n) is 18.5. The van der Waals surface area contributed by atoms with E-state index in [1.165, 1.54) is 0 Å². The smallest absolute Gasteiger partial charge is 0.249 e. The van der Waals surface area contributed by atoms with E-state index in [2.05, 4.69) is 52.0 Å². The van der Waals surface area contributed by atoms with Crippen molar-refractivity contribution in [3.63, 3.8) is 0 Å². The molecule has 1 amide bonds. The second kappa shape index (κ2) is 11.2. The molecular formula is C42H39N5O6. The minimum Gasteiger partial charge on any atom is -0.469 e. The van der Waals surface area contributed by atoms with Crippen molar-refractivity contribution in [3.05, 3.63) is 95.3 Å². The summed E-state index contributed by atoms with van der Waals surface area (Å²) in [5.74, 6) is 0.772. The van der Waals surface area contributed by atoms with Gasteiger partial charge in [-0.25, -0.2) is 9.97 Å². The van der Waals surface area contributed by atoms with Crippen LogP contribution < -0.4 is 15.4 Å². The number of para-hydroxylation sites is 1. The molecule has 0 fully saturated rings. The predicted octanol–water partition coefficient (Wildman–Crippen LogP) is 7.43. The van der Waals surface area contributed by atoms with Crippen LogP contribution in [-0.2, 0) is 21.4 Å². The van der Waals surface area contributed by atoms with Crippen LogP contribution in [0.4, 0.5) is 5.69 Å². The highest BCUT2D eigenvalue weighted by atomic mass is 16.5. The Kier molecular flexibility index (Phi) is 6.74. The van der Waals surface area contributed by atoms with E-state index in [9.17, 15) is 14.7 Å². The van der Waals surface area contributed by atoms with Crippen LogP contribution in [0.5, 0.6) is 5.75 Å². The molecule has 4 N–H and O–H groups in total. The number of nitrogens with zero attached hydrogens (tertiary/aromatic N) is 2. The first kappa shape index (κ1) is 32.0. The first-order valence-corrected chi connectivity index (χ1v) is 18.5. The van der Waals surface area contributed by atoms with Gasteiger partial charge in [-0.05, 0) is 48.4 Å². The zero-order valence-corrected chi connectivity index (χ0v) is 29.9. The molecule has 7 heterocycles. The number of fused-ring (bicyclic) bond motifs is 7. The predicted molar refractivity (Wildman–Crippen MR) is 197 cm³/mol. The van der Waals surface area contributed by atoms with Crippen LogP contribution in [0.25, 0.3) is 44.9 Å². The van der Waals surface area contributed by atoms with Crippen molar-refractivity contribution in [2.75, 3.05) is 5.32 Å².